The molecule has 0 atom stereocenters. The smallest absolute Gasteiger partial charge is 0.258 e. The average molecular weight is 313 g/mol. The molecule has 0 radical (unpaired) electrons. The standard InChI is InChI=1S/C12H11ClN2O2S.C2H6/c1-7(2)12-14-11(6-18-12)9-4-3-8(15(16)17)5-10(9)13;1-2/h3-7H,1-2H3;1-2H3. The summed E-state index contributed by atoms with van der Waals surface area (Å²) in [5.41, 5.74) is 1.48. The third-order valence-electron chi connectivity index (χ3n) is 2.46. The maximum atomic E-state index is 10.6. The van der Waals surface area contributed by atoms with Gasteiger partial charge in [-0.3, -0.25) is 10.1 Å². The fourth-order valence-electron chi connectivity index (χ4n) is 1.50. The van der Waals surface area contributed by atoms with Gasteiger partial charge in [0.2, 0.25) is 0 Å². The molecule has 1 aromatic carbocycles. The van der Waals surface area contributed by atoms with E-state index in [0.717, 1.165) is 16.3 Å². The molecule has 20 heavy (non-hydrogen) atoms. The minimum Gasteiger partial charge on any atom is -0.258 e. The minimum absolute atomic E-state index is 0.0111. The van der Waals surface area contributed by atoms with Crippen molar-refractivity contribution in [1.82, 2.24) is 4.98 Å². The maximum Gasteiger partial charge on any atom is 0.270 e. The zero-order chi connectivity index (χ0) is 15.3. The summed E-state index contributed by atoms with van der Waals surface area (Å²) < 4.78 is 0. The molecule has 0 aliphatic carbocycles. The van der Waals surface area contributed by atoms with E-state index < -0.39 is 4.92 Å². The molecular weight excluding hydrogens is 296 g/mol. The van der Waals surface area contributed by atoms with Crippen LogP contribution in [0.15, 0.2) is 23.6 Å². The van der Waals surface area contributed by atoms with Gasteiger partial charge in [-0.25, -0.2) is 4.98 Å². The predicted octanol–water partition coefficient (Wildman–Crippen LogP) is 5.52. The number of nitro groups is 1. The van der Waals surface area contributed by atoms with Crippen molar-refractivity contribution < 1.29 is 4.92 Å². The van der Waals surface area contributed by atoms with Gasteiger partial charge in [0.15, 0.2) is 0 Å². The van der Waals surface area contributed by atoms with Gasteiger partial charge in [-0.1, -0.05) is 39.3 Å². The summed E-state index contributed by atoms with van der Waals surface area (Å²) in [5.74, 6) is 0.362. The van der Waals surface area contributed by atoms with Crippen LogP contribution in [0.1, 0.15) is 38.6 Å². The Morgan fingerprint density at radius 3 is 2.45 bits per heavy atom. The summed E-state index contributed by atoms with van der Waals surface area (Å²) in [6.45, 7) is 8.14. The quantitative estimate of drug-likeness (QED) is 0.553. The summed E-state index contributed by atoms with van der Waals surface area (Å²) in [5, 5.41) is 13.9. The minimum atomic E-state index is -0.462. The Bertz CT molecular complexity index is 597. The lowest BCUT2D eigenvalue weighted by Gasteiger charge is -2.01. The van der Waals surface area contributed by atoms with Crippen LogP contribution < -0.4 is 0 Å². The fourth-order valence-corrected chi connectivity index (χ4v) is 2.61. The Hall–Kier alpha value is -1.46. The van der Waals surface area contributed by atoms with E-state index in [1.165, 1.54) is 12.1 Å². The maximum absolute atomic E-state index is 10.6. The van der Waals surface area contributed by atoms with Crippen LogP contribution in [0.25, 0.3) is 11.3 Å². The van der Waals surface area contributed by atoms with Gasteiger partial charge < -0.3 is 0 Å². The molecular formula is C14H17ClN2O2S. The normalized spacial score (nSPS) is 10.1. The Morgan fingerprint density at radius 1 is 1.35 bits per heavy atom. The molecule has 0 bridgehead atoms. The highest BCUT2D eigenvalue weighted by Gasteiger charge is 2.13. The van der Waals surface area contributed by atoms with E-state index in [0.29, 0.717) is 10.9 Å². The van der Waals surface area contributed by atoms with Crippen molar-refractivity contribution in [3.05, 3.63) is 43.7 Å². The molecule has 1 heterocycles. The molecule has 1 aromatic heterocycles. The Labute approximate surface area is 127 Å². The van der Waals surface area contributed by atoms with Gasteiger partial charge in [-0.05, 0) is 6.07 Å². The second-order valence-electron chi connectivity index (χ2n) is 4.15. The van der Waals surface area contributed by atoms with E-state index in [1.807, 2.05) is 19.2 Å². The average Bonchev–Trinajstić information content (AvgIpc) is 2.90. The Kier molecular flexibility index (Phi) is 6.10. The van der Waals surface area contributed by atoms with Gasteiger partial charge in [0, 0.05) is 29.0 Å². The molecule has 0 aliphatic heterocycles. The van der Waals surface area contributed by atoms with Crippen molar-refractivity contribution in [3.63, 3.8) is 0 Å². The fraction of sp³-hybridized carbons (Fsp3) is 0.357. The lowest BCUT2D eigenvalue weighted by Crippen LogP contribution is -1.89. The monoisotopic (exact) mass is 312 g/mol. The lowest BCUT2D eigenvalue weighted by molar-refractivity contribution is -0.384. The first-order valence-electron chi connectivity index (χ1n) is 6.38. The molecule has 0 amide bonds. The predicted molar refractivity (Wildman–Crippen MR) is 84.7 cm³/mol. The highest BCUT2D eigenvalue weighted by Crippen LogP contribution is 2.33. The van der Waals surface area contributed by atoms with Crippen molar-refractivity contribution >= 4 is 28.6 Å². The zero-order valence-corrected chi connectivity index (χ0v) is 13.5. The lowest BCUT2D eigenvalue weighted by atomic mass is 10.1. The van der Waals surface area contributed by atoms with Crippen LogP contribution in [0.2, 0.25) is 5.02 Å². The van der Waals surface area contributed by atoms with Crippen LogP contribution >= 0.6 is 22.9 Å². The summed E-state index contributed by atoms with van der Waals surface area (Å²) in [6.07, 6.45) is 0. The summed E-state index contributed by atoms with van der Waals surface area (Å²) in [6, 6.07) is 4.43. The van der Waals surface area contributed by atoms with E-state index in [2.05, 4.69) is 18.8 Å². The third-order valence-corrected chi connectivity index (χ3v) is 3.91. The topological polar surface area (TPSA) is 56.0 Å². The van der Waals surface area contributed by atoms with Crippen molar-refractivity contribution in [1.29, 1.82) is 0 Å². The number of non-ortho nitro benzene ring substituents is 1. The van der Waals surface area contributed by atoms with E-state index in [-0.39, 0.29) is 5.69 Å². The number of aromatic nitrogens is 1. The molecule has 0 saturated carbocycles. The molecule has 2 rings (SSSR count). The van der Waals surface area contributed by atoms with Crippen LogP contribution in [0.5, 0.6) is 0 Å². The highest BCUT2D eigenvalue weighted by molar-refractivity contribution is 7.10. The zero-order valence-electron chi connectivity index (χ0n) is 11.9. The van der Waals surface area contributed by atoms with Crippen LogP contribution in [0, 0.1) is 10.1 Å². The van der Waals surface area contributed by atoms with Gasteiger partial charge in [0.1, 0.15) is 0 Å². The highest BCUT2D eigenvalue weighted by atomic mass is 35.5. The van der Waals surface area contributed by atoms with E-state index in [9.17, 15) is 10.1 Å². The molecule has 0 saturated heterocycles. The number of hydrogen-bond acceptors (Lipinski definition) is 4. The largest absolute Gasteiger partial charge is 0.270 e. The Balaban J connectivity index is 0.000000956. The van der Waals surface area contributed by atoms with E-state index in [4.69, 9.17) is 11.6 Å². The summed E-state index contributed by atoms with van der Waals surface area (Å²) in [7, 11) is 0. The van der Waals surface area contributed by atoms with Crippen LogP contribution in [0.4, 0.5) is 5.69 Å². The number of halogens is 1. The number of nitro benzene ring substituents is 1. The number of hydrogen-bond donors (Lipinski definition) is 0. The Morgan fingerprint density at radius 2 is 2.00 bits per heavy atom. The molecule has 4 nitrogen and oxygen atoms in total. The van der Waals surface area contributed by atoms with Crippen molar-refractivity contribution in [2.75, 3.05) is 0 Å². The van der Waals surface area contributed by atoms with Crippen molar-refractivity contribution in [2.45, 2.75) is 33.6 Å². The second kappa shape index (κ2) is 7.36. The van der Waals surface area contributed by atoms with Gasteiger partial charge in [-0.2, -0.15) is 0 Å². The van der Waals surface area contributed by atoms with Crippen molar-refractivity contribution in [2.24, 2.45) is 0 Å². The van der Waals surface area contributed by atoms with Crippen molar-refractivity contribution in [3.8, 4) is 11.3 Å². The van der Waals surface area contributed by atoms with Crippen LogP contribution in [0.3, 0.4) is 0 Å². The molecule has 0 aliphatic rings. The molecule has 0 unspecified atom stereocenters. The summed E-state index contributed by atoms with van der Waals surface area (Å²) >= 11 is 7.63. The van der Waals surface area contributed by atoms with E-state index >= 15 is 0 Å². The number of thiazole rings is 1. The van der Waals surface area contributed by atoms with E-state index in [1.54, 1.807) is 17.4 Å². The van der Waals surface area contributed by atoms with Crippen LogP contribution in [-0.2, 0) is 0 Å². The molecule has 6 heteroatoms. The molecule has 0 spiro atoms. The van der Waals surface area contributed by atoms with Gasteiger partial charge in [0.05, 0.1) is 20.6 Å². The third kappa shape index (κ3) is 3.77. The van der Waals surface area contributed by atoms with Crippen LogP contribution in [-0.4, -0.2) is 9.91 Å². The first kappa shape index (κ1) is 16.6. The second-order valence-corrected chi connectivity index (χ2v) is 5.44. The summed E-state index contributed by atoms with van der Waals surface area (Å²) in [4.78, 5) is 14.6. The number of rotatable bonds is 3. The first-order valence-corrected chi connectivity index (χ1v) is 7.64. The molecule has 0 N–H and O–H groups in total. The molecule has 0 fully saturated rings. The number of nitrogens with zero attached hydrogens (tertiary/aromatic N) is 2. The molecule has 108 valence electrons. The number of benzene rings is 1. The van der Waals surface area contributed by atoms with Gasteiger partial charge in [-0.15, -0.1) is 11.3 Å². The van der Waals surface area contributed by atoms with Gasteiger partial charge >= 0.3 is 0 Å². The van der Waals surface area contributed by atoms with Gasteiger partial charge in [0.25, 0.3) is 5.69 Å². The first-order chi connectivity index (χ1) is 9.49. The SMILES string of the molecule is CC.CC(C)c1nc(-c2ccc([N+](=O)[O-])cc2Cl)cs1. The molecule has 2 aromatic rings.